The highest BCUT2D eigenvalue weighted by Crippen LogP contribution is 2.14. The third-order valence-electron chi connectivity index (χ3n) is 3.11. The number of fused-ring (bicyclic) bond motifs is 1. The minimum absolute atomic E-state index is 0.195. The van der Waals surface area contributed by atoms with E-state index in [1.165, 1.54) is 23.3 Å². The molecule has 0 radical (unpaired) electrons. The Morgan fingerprint density at radius 3 is 3.05 bits per heavy atom. The van der Waals surface area contributed by atoms with E-state index >= 15 is 0 Å². The average Bonchev–Trinajstić information content (AvgIpc) is 2.95. The molecule has 3 aromatic rings. The number of aromatic amines is 1. The highest BCUT2D eigenvalue weighted by Gasteiger charge is 2.05. The van der Waals surface area contributed by atoms with E-state index in [9.17, 15) is 4.79 Å². The van der Waals surface area contributed by atoms with E-state index in [0.717, 1.165) is 11.9 Å². The quantitative estimate of drug-likeness (QED) is 0.758. The molecule has 2 heterocycles. The van der Waals surface area contributed by atoms with Crippen LogP contribution in [0, 0.1) is 0 Å². The summed E-state index contributed by atoms with van der Waals surface area (Å²) in [7, 11) is 0. The SMILES string of the molecule is O=C(NCCc1ccc2cc[nH]c2c1)c1cnccn1. The van der Waals surface area contributed by atoms with E-state index in [4.69, 9.17) is 0 Å². The molecule has 0 saturated heterocycles. The molecule has 5 nitrogen and oxygen atoms in total. The fraction of sp³-hybridized carbons (Fsp3) is 0.133. The summed E-state index contributed by atoms with van der Waals surface area (Å²) in [4.78, 5) is 22.8. The fourth-order valence-corrected chi connectivity index (χ4v) is 2.08. The van der Waals surface area contributed by atoms with Gasteiger partial charge in [0.15, 0.2) is 0 Å². The number of carbonyl (C=O) groups is 1. The molecule has 0 atom stereocenters. The van der Waals surface area contributed by atoms with Crippen molar-refractivity contribution in [3.8, 4) is 0 Å². The van der Waals surface area contributed by atoms with Gasteiger partial charge in [-0.1, -0.05) is 12.1 Å². The van der Waals surface area contributed by atoms with Crippen molar-refractivity contribution in [1.29, 1.82) is 0 Å². The average molecular weight is 266 g/mol. The van der Waals surface area contributed by atoms with Gasteiger partial charge in [0.2, 0.25) is 0 Å². The minimum atomic E-state index is -0.195. The Hall–Kier alpha value is -2.69. The number of rotatable bonds is 4. The smallest absolute Gasteiger partial charge is 0.271 e. The molecular formula is C15H14N4O. The van der Waals surface area contributed by atoms with Gasteiger partial charge in [0.05, 0.1) is 6.20 Å². The van der Waals surface area contributed by atoms with Crippen molar-refractivity contribution < 1.29 is 4.79 Å². The normalized spacial score (nSPS) is 10.6. The fourth-order valence-electron chi connectivity index (χ4n) is 2.08. The number of nitrogens with zero attached hydrogens (tertiary/aromatic N) is 2. The maximum atomic E-state index is 11.8. The Morgan fingerprint density at radius 1 is 1.25 bits per heavy atom. The summed E-state index contributed by atoms with van der Waals surface area (Å²) in [5.74, 6) is -0.195. The molecule has 100 valence electrons. The van der Waals surface area contributed by atoms with Crippen molar-refractivity contribution in [2.75, 3.05) is 6.54 Å². The molecule has 0 aliphatic rings. The molecule has 0 unspecified atom stereocenters. The first-order valence-electron chi connectivity index (χ1n) is 6.43. The summed E-state index contributed by atoms with van der Waals surface area (Å²) in [5.41, 5.74) is 2.63. The number of carbonyl (C=O) groups excluding carboxylic acids is 1. The molecule has 0 saturated carbocycles. The van der Waals surface area contributed by atoms with Crippen LogP contribution >= 0.6 is 0 Å². The maximum absolute atomic E-state index is 11.8. The summed E-state index contributed by atoms with van der Waals surface area (Å²) in [5, 5.41) is 4.03. The van der Waals surface area contributed by atoms with Crippen LogP contribution in [0.15, 0.2) is 49.1 Å². The van der Waals surface area contributed by atoms with Crippen LogP contribution in [0.5, 0.6) is 0 Å². The molecule has 0 spiro atoms. The lowest BCUT2D eigenvalue weighted by Crippen LogP contribution is -2.26. The highest BCUT2D eigenvalue weighted by atomic mass is 16.1. The molecule has 0 aliphatic carbocycles. The second-order valence-corrected chi connectivity index (χ2v) is 4.50. The molecule has 0 bridgehead atoms. The Kier molecular flexibility index (Phi) is 3.41. The van der Waals surface area contributed by atoms with Crippen molar-refractivity contribution in [2.24, 2.45) is 0 Å². The van der Waals surface area contributed by atoms with Gasteiger partial charge in [-0.15, -0.1) is 0 Å². The molecule has 0 fully saturated rings. The lowest BCUT2D eigenvalue weighted by molar-refractivity contribution is 0.0949. The first-order valence-corrected chi connectivity index (χ1v) is 6.43. The zero-order valence-electron chi connectivity index (χ0n) is 10.8. The van der Waals surface area contributed by atoms with Crippen LogP contribution in [-0.2, 0) is 6.42 Å². The molecule has 1 aromatic carbocycles. The lowest BCUT2D eigenvalue weighted by Gasteiger charge is -2.04. The van der Waals surface area contributed by atoms with Crippen molar-refractivity contribution in [2.45, 2.75) is 6.42 Å². The van der Waals surface area contributed by atoms with E-state index in [1.54, 1.807) is 6.20 Å². The van der Waals surface area contributed by atoms with Gasteiger partial charge >= 0.3 is 0 Å². The zero-order valence-corrected chi connectivity index (χ0v) is 10.8. The molecule has 0 aliphatic heterocycles. The van der Waals surface area contributed by atoms with Crippen LogP contribution in [-0.4, -0.2) is 27.4 Å². The zero-order chi connectivity index (χ0) is 13.8. The number of aromatic nitrogens is 3. The van der Waals surface area contributed by atoms with Gasteiger partial charge in [-0.25, -0.2) is 4.98 Å². The molecule has 5 heteroatoms. The van der Waals surface area contributed by atoms with Crippen LogP contribution in [0.4, 0.5) is 0 Å². The van der Waals surface area contributed by atoms with E-state index in [0.29, 0.717) is 12.2 Å². The van der Waals surface area contributed by atoms with Crippen LogP contribution in [0.2, 0.25) is 0 Å². The third-order valence-corrected chi connectivity index (χ3v) is 3.11. The summed E-state index contributed by atoms with van der Waals surface area (Å²) in [6, 6.07) is 8.29. The van der Waals surface area contributed by atoms with E-state index in [-0.39, 0.29) is 5.91 Å². The lowest BCUT2D eigenvalue weighted by atomic mass is 10.1. The standard InChI is InChI=1S/C15H14N4O/c20-15(14-10-16-7-8-18-14)19-5-3-11-1-2-12-4-6-17-13(12)9-11/h1-2,4,6-10,17H,3,5H2,(H,19,20). The Morgan fingerprint density at radius 2 is 2.20 bits per heavy atom. The number of hydrogen-bond donors (Lipinski definition) is 2. The summed E-state index contributed by atoms with van der Waals surface area (Å²) < 4.78 is 0. The van der Waals surface area contributed by atoms with Gasteiger partial charge in [-0.05, 0) is 29.5 Å². The van der Waals surface area contributed by atoms with Crippen molar-refractivity contribution in [1.82, 2.24) is 20.3 Å². The Balaban J connectivity index is 1.58. The third kappa shape index (κ3) is 2.66. The monoisotopic (exact) mass is 266 g/mol. The maximum Gasteiger partial charge on any atom is 0.271 e. The molecule has 2 aromatic heterocycles. The first-order chi connectivity index (χ1) is 9.83. The highest BCUT2D eigenvalue weighted by molar-refractivity contribution is 5.91. The number of hydrogen-bond acceptors (Lipinski definition) is 3. The van der Waals surface area contributed by atoms with Crippen LogP contribution in [0.1, 0.15) is 16.1 Å². The van der Waals surface area contributed by atoms with Crippen molar-refractivity contribution in [3.63, 3.8) is 0 Å². The second kappa shape index (κ2) is 5.52. The minimum Gasteiger partial charge on any atom is -0.361 e. The van der Waals surface area contributed by atoms with Crippen LogP contribution in [0.3, 0.4) is 0 Å². The van der Waals surface area contributed by atoms with Crippen molar-refractivity contribution >= 4 is 16.8 Å². The number of amides is 1. The largest absolute Gasteiger partial charge is 0.361 e. The molecule has 3 rings (SSSR count). The topological polar surface area (TPSA) is 70.7 Å². The molecule has 1 amide bonds. The number of benzene rings is 1. The molecule has 20 heavy (non-hydrogen) atoms. The summed E-state index contributed by atoms with van der Waals surface area (Å²) in [6.07, 6.45) is 7.21. The predicted octanol–water partition coefficient (Wildman–Crippen LogP) is 1.93. The molecular weight excluding hydrogens is 252 g/mol. The number of H-pyrrole nitrogens is 1. The Bertz CT molecular complexity index is 721. The van der Waals surface area contributed by atoms with Gasteiger partial charge in [0, 0.05) is 30.7 Å². The van der Waals surface area contributed by atoms with Crippen LogP contribution < -0.4 is 5.32 Å². The van der Waals surface area contributed by atoms with Crippen LogP contribution in [0.25, 0.3) is 10.9 Å². The predicted molar refractivity (Wildman–Crippen MR) is 76.4 cm³/mol. The van der Waals surface area contributed by atoms with Gasteiger partial charge < -0.3 is 10.3 Å². The summed E-state index contributed by atoms with van der Waals surface area (Å²) >= 11 is 0. The Labute approximate surface area is 116 Å². The van der Waals surface area contributed by atoms with Gasteiger partial charge in [0.25, 0.3) is 5.91 Å². The second-order valence-electron chi connectivity index (χ2n) is 4.50. The van der Waals surface area contributed by atoms with Crippen molar-refractivity contribution in [3.05, 3.63) is 60.3 Å². The van der Waals surface area contributed by atoms with E-state index < -0.39 is 0 Å². The first kappa shape index (κ1) is 12.3. The van der Waals surface area contributed by atoms with Gasteiger partial charge in [-0.2, -0.15) is 0 Å². The van der Waals surface area contributed by atoms with Gasteiger partial charge in [0.1, 0.15) is 5.69 Å². The van der Waals surface area contributed by atoms with Gasteiger partial charge in [-0.3, -0.25) is 9.78 Å². The van der Waals surface area contributed by atoms with E-state index in [2.05, 4.69) is 38.5 Å². The molecule has 2 N–H and O–H groups in total. The van der Waals surface area contributed by atoms with E-state index in [1.807, 2.05) is 12.3 Å². The summed E-state index contributed by atoms with van der Waals surface area (Å²) in [6.45, 7) is 0.571. The number of nitrogens with one attached hydrogen (secondary N) is 2.